The van der Waals surface area contributed by atoms with Gasteiger partial charge in [-0.1, -0.05) is 24.3 Å². The highest BCUT2D eigenvalue weighted by molar-refractivity contribution is 6.03. The van der Waals surface area contributed by atoms with Crippen LogP contribution in [0, 0.1) is 16.7 Å². The largest absolute Gasteiger partial charge is 0.468 e. The van der Waals surface area contributed by atoms with Gasteiger partial charge in [-0.05, 0) is 18.4 Å². The SMILES string of the molecule is COC(=O)C(CC#N)(Cc1nccc2ccccc12)C(C)=O. The average molecular weight is 296 g/mol. The molecule has 5 nitrogen and oxygen atoms in total. The van der Waals surface area contributed by atoms with Gasteiger partial charge < -0.3 is 4.74 Å². The van der Waals surface area contributed by atoms with Gasteiger partial charge in [-0.15, -0.1) is 0 Å². The number of rotatable bonds is 5. The second kappa shape index (κ2) is 6.35. The molecule has 0 fully saturated rings. The molecule has 2 rings (SSSR count). The highest BCUT2D eigenvalue weighted by Gasteiger charge is 2.45. The van der Waals surface area contributed by atoms with Crippen molar-refractivity contribution in [3.05, 3.63) is 42.2 Å². The van der Waals surface area contributed by atoms with E-state index < -0.39 is 17.2 Å². The number of ether oxygens (including phenoxy) is 1. The van der Waals surface area contributed by atoms with E-state index in [1.165, 1.54) is 14.0 Å². The second-order valence-corrected chi connectivity index (χ2v) is 5.12. The summed E-state index contributed by atoms with van der Waals surface area (Å²) < 4.78 is 4.78. The number of esters is 1. The first kappa shape index (κ1) is 15.6. The van der Waals surface area contributed by atoms with Crippen LogP contribution in [0.1, 0.15) is 19.0 Å². The number of carbonyl (C=O) groups excluding carboxylic acids is 2. The average Bonchev–Trinajstić information content (AvgIpc) is 2.53. The maximum absolute atomic E-state index is 12.2. The zero-order valence-corrected chi connectivity index (χ0v) is 12.5. The van der Waals surface area contributed by atoms with E-state index in [9.17, 15) is 9.59 Å². The molecule has 1 unspecified atom stereocenters. The van der Waals surface area contributed by atoms with Crippen LogP contribution in [-0.4, -0.2) is 23.8 Å². The van der Waals surface area contributed by atoms with Gasteiger partial charge in [0.25, 0.3) is 0 Å². The smallest absolute Gasteiger partial charge is 0.320 e. The maximum atomic E-state index is 12.2. The van der Waals surface area contributed by atoms with E-state index in [0.717, 1.165) is 10.8 Å². The van der Waals surface area contributed by atoms with Crippen LogP contribution in [0.3, 0.4) is 0 Å². The van der Waals surface area contributed by atoms with Crippen LogP contribution < -0.4 is 0 Å². The summed E-state index contributed by atoms with van der Waals surface area (Å²) in [5.41, 5.74) is -0.908. The van der Waals surface area contributed by atoms with Crippen molar-refractivity contribution in [1.82, 2.24) is 4.98 Å². The van der Waals surface area contributed by atoms with Crippen LogP contribution >= 0.6 is 0 Å². The van der Waals surface area contributed by atoms with Crippen molar-refractivity contribution in [3.8, 4) is 6.07 Å². The lowest BCUT2D eigenvalue weighted by atomic mass is 9.76. The molecule has 0 aliphatic carbocycles. The number of pyridine rings is 1. The fraction of sp³-hybridized carbons (Fsp3) is 0.294. The van der Waals surface area contributed by atoms with Gasteiger partial charge in [0, 0.05) is 23.7 Å². The number of methoxy groups -OCH3 is 1. The van der Waals surface area contributed by atoms with Crippen molar-refractivity contribution in [2.75, 3.05) is 7.11 Å². The number of carbonyl (C=O) groups is 2. The number of benzene rings is 1. The third-order valence-electron chi connectivity index (χ3n) is 3.86. The summed E-state index contributed by atoms with van der Waals surface area (Å²) in [4.78, 5) is 28.6. The van der Waals surface area contributed by atoms with Crippen molar-refractivity contribution >= 4 is 22.5 Å². The van der Waals surface area contributed by atoms with E-state index in [2.05, 4.69) is 4.98 Å². The Morgan fingerprint density at radius 3 is 2.68 bits per heavy atom. The number of ketones is 1. The van der Waals surface area contributed by atoms with Crippen LogP contribution in [0.2, 0.25) is 0 Å². The summed E-state index contributed by atoms with van der Waals surface area (Å²) in [5.74, 6) is -1.09. The Balaban J connectivity index is 2.57. The normalized spacial score (nSPS) is 13.1. The lowest BCUT2D eigenvalue weighted by molar-refractivity contribution is -0.157. The van der Waals surface area contributed by atoms with Crippen molar-refractivity contribution in [2.45, 2.75) is 19.8 Å². The minimum absolute atomic E-state index is 0.0456. The molecule has 0 saturated carbocycles. The molecule has 0 saturated heterocycles. The van der Waals surface area contributed by atoms with Gasteiger partial charge in [-0.25, -0.2) is 0 Å². The van der Waals surface area contributed by atoms with Gasteiger partial charge in [0.1, 0.15) is 11.2 Å². The standard InChI is InChI=1S/C17H16N2O3/c1-12(20)17(8-9-18,16(21)22-2)11-15-14-6-4-3-5-13(14)7-10-19-15/h3-7,10H,8,11H2,1-2H3. The third-order valence-corrected chi connectivity index (χ3v) is 3.86. The van der Waals surface area contributed by atoms with E-state index in [1.807, 2.05) is 36.4 Å². The van der Waals surface area contributed by atoms with Gasteiger partial charge in [0.15, 0.2) is 0 Å². The Morgan fingerprint density at radius 2 is 2.05 bits per heavy atom. The first-order valence-corrected chi connectivity index (χ1v) is 6.84. The van der Waals surface area contributed by atoms with Crippen molar-refractivity contribution in [2.24, 2.45) is 5.41 Å². The monoisotopic (exact) mass is 296 g/mol. The molecule has 1 heterocycles. The summed E-state index contributed by atoms with van der Waals surface area (Å²) in [6.07, 6.45) is 1.44. The molecule has 0 bridgehead atoms. The fourth-order valence-corrected chi connectivity index (χ4v) is 2.54. The molecule has 0 aliphatic rings. The molecule has 112 valence electrons. The zero-order valence-electron chi connectivity index (χ0n) is 12.5. The van der Waals surface area contributed by atoms with Crippen LogP contribution in [-0.2, 0) is 20.7 Å². The van der Waals surface area contributed by atoms with Gasteiger partial charge in [0.2, 0.25) is 0 Å². The van der Waals surface area contributed by atoms with Gasteiger partial charge in [-0.2, -0.15) is 5.26 Å². The number of nitriles is 1. The molecule has 0 aliphatic heterocycles. The number of hydrogen-bond acceptors (Lipinski definition) is 5. The van der Waals surface area contributed by atoms with Crippen molar-refractivity contribution < 1.29 is 14.3 Å². The molecule has 0 N–H and O–H groups in total. The van der Waals surface area contributed by atoms with Gasteiger partial charge in [0.05, 0.1) is 19.6 Å². The number of hydrogen-bond donors (Lipinski definition) is 0. The highest BCUT2D eigenvalue weighted by Crippen LogP contribution is 2.32. The summed E-state index contributed by atoms with van der Waals surface area (Å²) in [6.45, 7) is 1.30. The zero-order chi connectivity index (χ0) is 16.2. The lowest BCUT2D eigenvalue weighted by Crippen LogP contribution is -2.41. The minimum atomic E-state index is -1.51. The molecule has 5 heteroatoms. The predicted octanol–water partition coefficient (Wildman–Crippen LogP) is 2.44. The van der Waals surface area contributed by atoms with Gasteiger partial charge >= 0.3 is 5.97 Å². The molecular formula is C17H16N2O3. The number of Topliss-reactive ketones (excluding diaryl/α,β-unsaturated/α-hetero) is 1. The molecule has 1 aromatic carbocycles. The minimum Gasteiger partial charge on any atom is -0.468 e. The lowest BCUT2D eigenvalue weighted by Gasteiger charge is -2.25. The molecule has 2 aromatic rings. The highest BCUT2D eigenvalue weighted by atomic mass is 16.5. The van der Waals surface area contributed by atoms with Crippen LogP contribution in [0.25, 0.3) is 10.8 Å². The van der Waals surface area contributed by atoms with Crippen molar-refractivity contribution in [1.29, 1.82) is 5.26 Å². The Bertz CT molecular complexity index is 759. The third kappa shape index (κ3) is 2.68. The maximum Gasteiger partial charge on any atom is 0.320 e. The quantitative estimate of drug-likeness (QED) is 0.625. The van der Waals surface area contributed by atoms with E-state index in [4.69, 9.17) is 10.00 Å². The molecule has 1 aromatic heterocycles. The van der Waals surface area contributed by atoms with E-state index in [1.54, 1.807) is 6.20 Å². The Morgan fingerprint density at radius 1 is 1.32 bits per heavy atom. The topological polar surface area (TPSA) is 80.1 Å². The van der Waals surface area contributed by atoms with E-state index >= 15 is 0 Å². The van der Waals surface area contributed by atoms with Crippen LogP contribution in [0.5, 0.6) is 0 Å². The summed E-state index contributed by atoms with van der Waals surface area (Å²) in [6, 6.07) is 11.4. The second-order valence-electron chi connectivity index (χ2n) is 5.12. The molecular weight excluding hydrogens is 280 g/mol. The predicted molar refractivity (Wildman–Crippen MR) is 80.8 cm³/mol. The molecule has 22 heavy (non-hydrogen) atoms. The number of fused-ring (bicyclic) bond motifs is 1. The summed E-state index contributed by atoms with van der Waals surface area (Å²) in [7, 11) is 1.22. The molecule has 0 radical (unpaired) electrons. The Hall–Kier alpha value is -2.74. The summed E-state index contributed by atoms with van der Waals surface area (Å²) >= 11 is 0. The fourth-order valence-electron chi connectivity index (χ4n) is 2.54. The van der Waals surface area contributed by atoms with Gasteiger partial charge in [-0.3, -0.25) is 14.6 Å². The Kier molecular flexibility index (Phi) is 4.52. The van der Waals surface area contributed by atoms with Crippen LogP contribution in [0.4, 0.5) is 0 Å². The number of nitrogens with zero attached hydrogens (tertiary/aromatic N) is 2. The van der Waals surface area contributed by atoms with Crippen LogP contribution in [0.15, 0.2) is 36.5 Å². The first-order chi connectivity index (χ1) is 10.5. The van der Waals surface area contributed by atoms with E-state index in [-0.39, 0.29) is 12.8 Å². The molecule has 1 atom stereocenters. The molecule has 0 amide bonds. The molecule has 0 spiro atoms. The summed E-state index contributed by atoms with van der Waals surface area (Å²) in [5, 5.41) is 10.9. The van der Waals surface area contributed by atoms with E-state index in [0.29, 0.717) is 5.69 Å². The Labute approximate surface area is 128 Å². The van der Waals surface area contributed by atoms with Crippen molar-refractivity contribution in [3.63, 3.8) is 0 Å². The first-order valence-electron chi connectivity index (χ1n) is 6.84. The number of aromatic nitrogens is 1.